The third-order valence-corrected chi connectivity index (χ3v) is 9.93. The fourth-order valence-corrected chi connectivity index (χ4v) is 8.23. The van der Waals surface area contributed by atoms with E-state index in [0.717, 1.165) is 66.9 Å². The van der Waals surface area contributed by atoms with Crippen molar-refractivity contribution in [1.29, 1.82) is 0 Å². The molecule has 176 valence electrons. The maximum atomic E-state index is 13.6. The Kier molecular flexibility index (Phi) is 4.76. The summed E-state index contributed by atoms with van der Waals surface area (Å²) in [6.07, 6.45) is 5.46. The second-order valence-electron chi connectivity index (χ2n) is 9.90. The van der Waals surface area contributed by atoms with E-state index < -0.39 is 17.2 Å². The van der Waals surface area contributed by atoms with Gasteiger partial charge in [0, 0.05) is 46.4 Å². The summed E-state index contributed by atoms with van der Waals surface area (Å²) in [5.41, 5.74) is 1.70. The van der Waals surface area contributed by atoms with Crippen molar-refractivity contribution in [2.75, 3.05) is 11.9 Å². The Morgan fingerprint density at radius 2 is 2.09 bits per heavy atom. The van der Waals surface area contributed by atoms with Gasteiger partial charge in [0.15, 0.2) is 11.6 Å². The Hall–Kier alpha value is -1.94. The second kappa shape index (κ2) is 7.28. The van der Waals surface area contributed by atoms with E-state index in [9.17, 15) is 23.8 Å². The van der Waals surface area contributed by atoms with Crippen molar-refractivity contribution in [2.24, 2.45) is 5.41 Å². The van der Waals surface area contributed by atoms with E-state index in [1.807, 2.05) is 6.92 Å². The summed E-state index contributed by atoms with van der Waals surface area (Å²) in [5.74, 6) is -2.27. The Bertz CT molecular complexity index is 1160. The van der Waals surface area contributed by atoms with Gasteiger partial charge in [-0.05, 0) is 75.1 Å². The van der Waals surface area contributed by atoms with E-state index in [1.165, 1.54) is 6.07 Å². The molecule has 4 atom stereocenters. The van der Waals surface area contributed by atoms with Crippen LogP contribution in [0.2, 0.25) is 0 Å². The average molecular weight is 476 g/mol. The van der Waals surface area contributed by atoms with E-state index in [1.54, 1.807) is 11.9 Å². The van der Waals surface area contributed by atoms with Crippen molar-refractivity contribution in [2.45, 2.75) is 74.6 Å². The third kappa shape index (κ3) is 2.73. The lowest BCUT2D eigenvalue weighted by Crippen LogP contribution is -2.90. The van der Waals surface area contributed by atoms with Crippen molar-refractivity contribution < 1.29 is 23.8 Å². The van der Waals surface area contributed by atoms with Gasteiger partial charge in [-0.3, -0.25) is 4.79 Å². The molecule has 6 rings (SSSR count). The number of nitrogens with zero attached hydrogens (tertiary/aromatic N) is 2. The van der Waals surface area contributed by atoms with Gasteiger partial charge in [0.05, 0.1) is 12.2 Å². The number of hydrogen-bond donors (Lipinski definition) is 3. The highest BCUT2D eigenvalue weighted by Crippen LogP contribution is 2.74. The molecule has 4 aliphatic rings. The molecule has 3 fully saturated rings. The zero-order chi connectivity index (χ0) is 23.1. The maximum absolute atomic E-state index is 13.6. The molecule has 3 heterocycles. The lowest BCUT2D eigenvalue weighted by Gasteiger charge is -2.81. The number of aliphatic hydroxyl groups is 2. The van der Waals surface area contributed by atoms with Gasteiger partial charge in [-0.1, -0.05) is 0 Å². The second-order valence-corrected chi connectivity index (χ2v) is 10.9. The fourth-order valence-electron chi connectivity index (χ4n) is 6.66. The van der Waals surface area contributed by atoms with Crippen LogP contribution in [0.5, 0.6) is 0 Å². The lowest BCUT2D eigenvalue weighted by atomic mass is 9.37. The monoisotopic (exact) mass is 475 g/mol. The molecule has 33 heavy (non-hydrogen) atoms. The summed E-state index contributed by atoms with van der Waals surface area (Å²) in [6, 6.07) is 3.85. The predicted molar refractivity (Wildman–Crippen MR) is 120 cm³/mol. The van der Waals surface area contributed by atoms with Crippen LogP contribution in [0.1, 0.15) is 53.8 Å². The summed E-state index contributed by atoms with van der Waals surface area (Å²) in [7, 11) is 0. The van der Waals surface area contributed by atoms with Crippen molar-refractivity contribution in [3.05, 3.63) is 46.8 Å². The molecule has 1 saturated heterocycles. The molecule has 2 aromatic rings. The van der Waals surface area contributed by atoms with E-state index in [2.05, 4.69) is 14.2 Å². The highest BCUT2D eigenvalue weighted by atomic mass is 32.2. The van der Waals surface area contributed by atoms with Gasteiger partial charge in [-0.2, -0.15) is 0 Å². The first-order valence-corrected chi connectivity index (χ1v) is 12.4. The molecule has 6 nitrogen and oxygen atoms in total. The molecule has 1 amide bonds. The van der Waals surface area contributed by atoms with E-state index in [-0.39, 0.29) is 35.7 Å². The summed E-state index contributed by atoms with van der Waals surface area (Å²) >= 11 is 1.68. The van der Waals surface area contributed by atoms with Crippen molar-refractivity contribution in [3.63, 3.8) is 0 Å². The fraction of sp³-hybridized carbons (Fsp3) is 0.542. The van der Waals surface area contributed by atoms with E-state index in [4.69, 9.17) is 0 Å². The Labute approximate surface area is 195 Å². The number of halogens is 2. The van der Waals surface area contributed by atoms with Crippen LogP contribution >= 0.6 is 11.9 Å². The molecule has 2 saturated carbocycles. The first kappa shape index (κ1) is 21.6. The molecule has 1 aromatic carbocycles. The van der Waals surface area contributed by atoms with Crippen LogP contribution in [0.4, 0.5) is 14.5 Å². The summed E-state index contributed by atoms with van der Waals surface area (Å²) in [6.45, 7) is 2.51. The Balaban J connectivity index is 1.29. The van der Waals surface area contributed by atoms with Crippen LogP contribution in [0.3, 0.4) is 0 Å². The number of piperidine rings is 2. The number of aliphatic hydroxyl groups excluding tert-OH is 1. The molecule has 1 aromatic heterocycles. The first-order valence-electron chi connectivity index (χ1n) is 11.6. The highest BCUT2D eigenvalue weighted by molar-refractivity contribution is 7.97. The van der Waals surface area contributed by atoms with Crippen LogP contribution in [0.25, 0.3) is 0 Å². The number of amides is 1. The minimum atomic E-state index is -0.997. The number of anilines is 1. The van der Waals surface area contributed by atoms with Crippen LogP contribution in [-0.2, 0) is 13.0 Å². The quantitative estimate of drug-likeness (QED) is 0.576. The van der Waals surface area contributed by atoms with Crippen LogP contribution < -0.4 is 5.32 Å². The molecule has 4 unspecified atom stereocenters. The Morgan fingerprint density at radius 1 is 1.27 bits per heavy atom. The van der Waals surface area contributed by atoms with Gasteiger partial charge < -0.3 is 20.1 Å². The van der Waals surface area contributed by atoms with Crippen LogP contribution in [-0.4, -0.2) is 49.3 Å². The number of hydrogen-bond acceptors (Lipinski definition) is 5. The van der Waals surface area contributed by atoms with Crippen molar-refractivity contribution >= 4 is 23.5 Å². The normalized spacial score (nSPS) is 32.0. The number of rotatable bonds is 5. The highest BCUT2D eigenvalue weighted by Gasteiger charge is 2.81. The van der Waals surface area contributed by atoms with Gasteiger partial charge in [0.2, 0.25) is 0 Å². The largest absolute Gasteiger partial charge is 0.393 e. The summed E-state index contributed by atoms with van der Waals surface area (Å²) in [4.78, 5) is 14.3. The average Bonchev–Trinajstić information content (AvgIpc) is 3.04. The number of aromatic nitrogens is 1. The Morgan fingerprint density at radius 3 is 2.76 bits per heavy atom. The van der Waals surface area contributed by atoms with Gasteiger partial charge in [0.25, 0.3) is 5.91 Å². The van der Waals surface area contributed by atoms with Gasteiger partial charge in [0.1, 0.15) is 5.69 Å². The van der Waals surface area contributed by atoms with Crippen molar-refractivity contribution in [3.8, 4) is 0 Å². The number of carbonyl (C=O) groups excluding carboxylic acids is 1. The predicted octanol–water partition coefficient (Wildman–Crippen LogP) is 3.63. The summed E-state index contributed by atoms with van der Waals surface area (Å²) < 4.78 is 31.4. The molecule has 0 bridgehead atoms. The molecule has 3 N–H and O–H groups in total. The van der Waals surface area contributed by atoms with Crippen LogP contribution in [0.15, 0.2) is 23.1 Å². The number of benzene rings is 1. The molecule has 9 heteroatoms. The van der Waals surface area contributed by atoms with Gasteiger partial charge in [-0.25, -0.2) is 13.1 Å². The van der Waals surface area contributed by atoms with Gasteiger partial charge in [-0.15, -0.1) is 0 Å². The zero-order valence-electron chi connectivity index (χ0n) is 18.4. The lowest BCUT2D eigenvalue weighted by molar-refractivity contribution is -0.348. The molecule has 1 spiro atoms. The molecule has 2 aliphatic heterocycles. The number of fused-ring (bicyclic) bond motifs is 1. The minimum absolute atomic E-state index is 0.171. The number of nitrogens with one attached hydrogen (secondary N) is 1. The first-order chi connectivity index (χ1) is 15.8. The smallest absolute Gasteiger partial charge is 0.272 e. The molecular formula is C24H27F2N3O3S. The number of carbonyl (C=O) groups is 1. The standard InChI is InChI=1S/C24H27F2N3O3S/c1-13-20(22(31)27-14-5-6-15(25)16(26)10-14)28-9-3-2-4-17(28)21(13)33-29-18-7-8-24(18)19(29)11-23(24,32)12-30/h5-6,10,18-19,30,32H,2-4,7-9,11-12H2,1H3,(H,27,31). The molecule has 0 radical (unpaired) electrons. The van der Waals surface area contributed by atoms with E-state index in [0.29, 0.717) is 12.1 Å². The maximum Gasteiger partial charge on any atom is 0.272 e. The van der Waals surface area contributed by atoms with Gasteiger partial charge >= 0.3 is 0 Å². The molecular weight excluding hydrogens is 448 g/mol. The molecule has 2 aliphatic carbocycles. The van der Waals surface area contributed by atoms with Crippen molar-refractivity contribution in [1.82, 2.24) is 8.87 Å². The summed E-state index contributed by atoms with van der Waals surface area (Å²) in [5, 5.41) is 23.2. The van der Waals surface area contributed by atoms with Crippen LogP contribution in [0, 0.1) is 24.0 Å². The minimum Gasteiger partial charge on any atom is -0.393 e. The zero-order valence-corrected chi connectivity index (χ0v) is 19.2. The SMILES string of the molecule is Cc1c(SN2C3CCC34C2CC4(O)CO)c2n(c1C(=O)Nc1ccc(F)c(F)c1)CCCC2. The topological polar surface area (TPSA) is 77.7 Å². The third-order valence-electron chi connectivity index (χ3n) is 8.48. The van der Waals surface area contributed by atoms with E-state index >= 15 is 0 Å².